The maximum atomic E-state index is 11.4. The number of nitrogens with zero attached hydrogens (tertiary/aromatic N) is 1. The van der Waals surface area contributed by atoms with E-state index in [4.69, 9.17) is 5.26 Å². The minimum absolute atomic E-state index is 0.279. The molecule has 0 atom stereocenters. The molecule has 1 heterocycles. The SMILES string of the molecule is Cc1cccc(Cc2ccncc2C(=O)OO)c1. The second-order valence-corrected chi connectivity index (χ2v) is 4.08. The Morgan fingerprint density at radius 3 is 2.94 bits per heavy atom. The molecule has 4 heteroatoms. The van der Waals surface area contributed by atoms with Crippen LogP contribution in [0.25, 0.3) is 0 Å². The summed E-state index contributed by atoms with van der Waals surface area (Å²) in [5, 5.41) is 8.45. The third-order valence-corrected chi connectivity index (χ3v) is 2.69. The van der Waals surface area contributed by atoms with Crippen molar-refractivity contribution in [3.05, 3.63) is 65.0 Å². The summed E-state index contributed by atoms with van der Waals surface area (Å²) in [6.45, 7) is 2.01. The number of aromatic nitrogens is 1. The first-order valence-electron chi connectivity index (χ1n) is 5.55. The minimum Gasteiger partial charge on any atom is -0.295 e. The van der Waals surface area contributed by atoms with E-state index in [0.29, 0.717) is 6.42 Å². The molecular weight excluding hydrogens is 230 g/mol. The zero-order valence-corrected chi connectivity index (χ0v) is 9.96. The van der Waals surface area contributed by atoms with Gasteiger partial charge in [0.2, 0.25) is 0 Å². The third-order valence-electron chi connectivity index (χ3n) is 2.69. The highest BCUT2D eigenvalue weighted by molar-refractivity contribution is 5.90. The smallest absolute Gasteiger partial charge is 0.295 e. The summed E-state index contributed by atoms with van der Waals surface area (Å²) in [5.41, 5.74) is 3.30. The van der Waals surface area contributed by atoms with Gasteiger partial charge in [-0.05, 0) is 30.5 Å². The average molecular weight is 243 g/mol. The van der Waals surface area contributed by atoms with Crippen LogP contribution in [0, 0.1) is 6.92 Å². The maximum absolute atomic E-state index is 11.4. The van der Waals surface area contributed by atoms with Gasteiger partial charge in [-0.1, -0.05) is 29.8 Å². The van der Waals surface area contributed by atoms with E-state index in [1.807, 2.05) is 25.1 Å². The summed E-state index contributed by atoms with van der Waals surface area (Å²) in [5.74, 6) is -0.786. The molecule has 2 rings (SSSR count). The highest BCUT2D eigenvalue weighted by atomic mass is 17.1. The van der Waals surface area contributed by atoms with Gasteiger partial charge in [0.15, 0.2) is 0 Å². The number of carbonyl (C=O) groups is 1. The van der Waals surface area contributed by atoms with Gasteiger partial charge in [-0.15, -0.1) is 0 Å². The van der Waals surface area contributed by atoms with Gasteiger partial charge in [-0.2, -0.15) is 5.26 Å². The monoisotopic (exact) mass is 243 g/mol. The summed E-state index contributed by atoms with van der Waals surface area (Å²) >= 11 is 0. The van der Waals surface area contributed by atoms with Crippen LogP contribution in [-0.2, 0) is 11.3 Å². The number of pyridine rings is 1. The van der Waals surface area contributed by atoms with Gasteiger partial charge < -0.3 is 0 Å². The zero-order chi connectivity index (χ0) is 13.0. The largest absolute Gasteiger partial charge is 0.374 e. The fourth-order valence-corrected chi connectivity index (χ4v) is 1.85. The predicted octanol–water partition coefficient (Wildman–Crippen LogP) is 2.61. The van der Waals surface area contributed by atoms with Crippen molar-refractivity contribution in [1.82, 2.24) is 4.98 Å². The molecule has 0 spiro atoms. The second-order valence-electron chi connectivity index (χ2n) is 4.08. The summed E-state index contributed by atoms with van der Waals surface area (Å²) < 4.78 is 0. The Morgan fingerprint density at radius 2 is 2.22 bits per heavy atom. The molecule has 18 heavy (non-hydrogen) atoms. The number of hydrogen-bond acceptors (Lipinski definition) is 4. The van der Waals surface area contributed by atoms with Crippen molar-refractivity contribution in [2.24, 2.45) is 0 Å². The molecular formula is C14H13NO3. The van der Waals surface area contributed by atoms with E-state index < -0.39 is 5.97 Å². The molecule has 2 aromatic rings. The van der Waals surface area contributed by atoms with Gasteiger partial charge in [-0.3, -0.25) is 9.87 Å². The maximum Gasteiger partial charge on any atom is 0.374 e. The van der Waals surface area contributed by atoms with E-state index in [-0.39, 0.29) is 5.56 Å². The van der Waals surface area contributed by atoms with Gasteiger partial charge in [0.05, 0.1) is 5.56 Å². The van der Waals surface area contributed by atoms with Crippen molar-refractivity contribution < 1.29 is 14.9 Å². The van der Waals surface area contributed by atoms with Crippen LogP contribution in [0.4, 0.5) is 0 Å². The predicted molar refractivity (Wildman–Crippen MR) is 66.3 cm³/mol. The van der Waals surface area contributed by atoms with Crippen molar-refractivity contribution in [3.63, 3.8) is 0 Å². The molecule has 1 aromatic carbocycles. The molecule has 0 saturated carbocycles. The van der Waals surface area contributed by atoms with Gasteiger partial charge in [-0.25, -0.2) is 4.79 Å². The Morgan fingerprint density at radius 1 is 1.39 bits per heavy atom. The first-order valence-corrected chi connectivity index (χ1v) is 5.55. The lowest BCUT2D eigenvalue weighted by molar-refractivity contribution is -0.182. The van der Waals surface area contributed by atoms with Crippen LogP contribution in [0.3, 0.4) is 0 Å². The lowest BCUT2D eigenvalue weighted by Gasteiger charge is -2.06. The Bertz CT molecular complexity index is 566. The number of carbonyl (C=O) groups excluding carboxylic acids is 1. The molecule has 0 bridgehead atoms. The summed E-state index contributed by atoms with van der Waals surface area (Å²) in [6, 6.07) is 9.76. The van der Waals surface area contributed by atoms with Crippen molar-refractivity contribution in [2.45, 2.75) is 13.3 Å². The van der Waals surface area contributed by atoms with E-state index in [1.165, 1.54) is 6.20 Å². The standard InChI is InChI=1S/C14H13NO3/c1-10-3-2-4-11(7-10)8-12-5-6-15-9-13(12)14(16)18-17/h2-7,9,17H,8H2,1H3. The zero-order valence-electron chi connectivity index (χ0n) is 9.96. The van der Waals surface area contributed by atoms with E-state index in [9.17, 15) is 4.79 Å². The molecule has 4 nitrogen and oxygen atoms in total. The van der Waals surface area contributed by atoms with Crippen LogP contribution in [0.1, 0.15) is 27.0 Å². The average Bonchev–Trinajstić information content (AvgIpc) is 2.38. The molecule has 92 valence electrons. The minimum atomic E-state index is -0.786. The normalized spacial score (nSPS) is 10.1. The van der Waals surface area contributed by atoms with Crippen molar-refractivity contribution in [2.75, 3.05) is 0 Å². The van der Waals surface area contributed by atoms with E-state index in [0.717, 1.165) is 16.7 Å². The molecule has 0 fully saturated rings. The highest BCUT2D eigenvalue weighted by Gasteiger charge is 2.13. The number of aryl methyl sites for hydroxylation is 1. The second kappa shape index (κ2) is 5.42. The van der Waals surface area contributed by atoms with Crippen LogP contribution in [0.5, 0.6) is 0 Å². The first kappa shape index (κ1) is 12.3. The lowest BCUT2D eigenvalue weighted by Crippen LogP contribution is -2.07. The van der Waals surface area contributed by atoms with Gasteiger partial charge >= 0.3 is 5.97 Å². The molecule has 0 radical (unpaired) electrons. The summed E-state index contributed by atoms with van der Waals surface area (Å²) in [7, 11) is 0. The quantitative estimate of drug-likeness (QED) is 0.665. The highest BCUT2D eigenvalue weighted by Crippen LogP contribution is 2.15. The topological polar surface area (TPSA) is 59.4 Å². The van der Waals surface area contributed by atoms with Crippen LogP contribution >= 0.6 is 0 Å². The van der Waals surface area contributed by atoms with Crippen molar-refractivity contribution >= 4 is 5.97 Å². The Balaban J connectivity index is 2.32. The number of benzene rings is 1. The Hall–Kier alpha value is -2.20. The lowest BCUT2D eigenvalue weighted by atomic mass is 10.0. The summed E-state index contributed by atoms with van der Waals surface area (Å²) in [6.07, 6.45) is 3.59. The number of hydrogen-bond donors (Lipinski definition) is 1. The van der Waals surface area contributed by atoms with Gasteiger partial charge in [0.1, 0.15) is 0 Å². The van der Waals surface area contributed by atoms with E-state index in [1.54, 1.807) is 12.3 Å². The molecule has 0 saturated heterocycles. The van der Waals surface area contributed by atoms with Gasteiger partial charge in [0, 0.05) is 12.4 Å². The first-order chi connectivity index (χ1) is 8.70. The van der Waals surface area contributed by atoms with Crippen molar-refractivity contribution in [3.8, 4) is 0 Å². The van der Waals surface area contributed by atoms with Crippen LogP contribution < -0.4 is 0 Å². The molecule has 0 aliphatic heterocycles. The van der Waals surface area contributed by atoms with E-state index in [2.05, 4.69) is 15.9 Å². The van der Waals surface area contributed by atoms with Crippen LogP contribution in [0.2, 0.25) is 0 Å². The van der Waals surface area contributed by atoms with E-state index >= 15 is 0 Å². The molecule has 0 amide bonds. The molecule has 0 aliphatic rings. The molecule has 0 aliphatic carbocycles. The summed E-state index contributed by atoms with van der Waals surface area (Å²) in [4.78, 5) is 19.0. The van der Waals surface area contributed by atoms with Crippen LogP contribution in [-0.4, -0.2) is 16.2 Å². The molecule has 1 aromatic heterocycles. The Labute approximate surface area is 105 Å². The molecule has 0 unspecified atom stereocenters. The molecule has 1 N–H and O–H groups in total. The van der Waals surface area contributed by atoms with Gasteiger partial charge in [0.25, 0.3) is 0 Å². The fraction of sp³-hybridized carbons (Fsp3) is 0.143. The Kier molecular flexibility index (Phi) is 3.69. The third kappa shape index (κ3) is 2.73. The number of rotatable bonds is 3. The fourth-order valence-electron chi connectivity index (χ4n) is 1.85. The van der Waals surface area contributed by atoms with Crippen LogP contribution in [0.15, 0.2) is 42.7 Å². The van der Waals surface area contributed by atoms with Crippen molar-refractivity contribution in [1.29, 1.82) is 0 Å².